The Bertz CT molecular complexity index is 61.4. The quantitative estimate of drug-likeness (QED) is 0.567. The average molecular weight is 154 g/mol. The zero-order valence-electron chi connectivity index (χ0n) is 4.96. The van der Waals surface area contributed by atoms with Crippen LogP contribution in [0.2, 0.25) is 0 Å². The number of hydrogen-bond donors (Lipinski definition) is 1. The minimum absolute atomic E-state index is 0. The molecule has 0 aromatic rings. The van der Waals surface area contributed by atoms with E-state index in [1.54, 1.807) is 0 Å². The largest absolute Gasteiger partial charge is 0.327 e. The predicted octanol–water partition coefficient (Wildman–Crippen LogP) is 1.26. The Hall–Kier alpha value is 0.600. The first-order valence-corrected chi connectivity index (χ1v) is 3.73. The minimum Gasteiger partial charge on any atom is -0.327 e. The van der Waals surface area contributed by atoms with Crippen LogP contribution >= 0.6 is 24.2 Å². The molecule has 0 aliphatic carbocycles. The van der Waals surface area contributed by atoms with E-state index in [0.717, 1.165) is 0 Å². The van der Waals surface area contributed by atoms with Crippen LogP contribution in [0.3, 0.4) is 0 Å². The molecule has 1 saturated heterocycles. The van der Waals surface area contributed by atoms with Crippen LogP contribution in [-0.2, 0) is 0 Å². The van der Waals surface area contributed by atoms with Gasteiger partial charge in [0, 0.05) is 11.3 Å². The molecule has 0 aromatic heterocycles. The van der Waals surface area contributed by atoms with Crippen molar-refractivity contribution in [3.05, 3.63) is 0 Å². The van der Waals surface area contributed by atoms with E-state index in [9.17, 15) is 0 Å². The van der Waals surface area contributed by atoms with Crippen molar-refractivity contribution in [2.24, 2.45) is 5.73 Å². The van der Waals surface area contributed by atoms with Gasteiger partial charge in [-0.25, -0.2) is 0 Å². The fourth-order valence-electron chi connectivity index (χ4n) is 0.748. The van der Waals surface area contributed by atoms with E-state index in [4.69, 9.17) is 5.73 Å². The van der Waals surface area contributed by atoms with Gasteiger partial charge in [-0.2, -0.15) is 11.8 Å². The maximum absolute atomic E-state index is 5.66. The van der Waals surface area contributed by atoms with Crippen molar-refractivity contribution >= 4 is 24.2 Å². The van der Waals surface area contributed by atoms with Crippen molar-refractivity contribution in [2.75, 3.05) is 5.75 Å². The van der Waals surface area contributed by atoms with E-state index in [1.165, 1.54) is 12.2 Å². The number of rotatable bonds is 0. The highest BCUT2D eigenvalue weighted by Gasteiger charge is 2.18. The fraction of sp³-hybridized carbons (Fsp3) is 1.00. The molecule has 3 heteroatoms. The molecule has 2 unspecified atom stereocenters. The highest BCUT2D eigenvalue weighted by atomic mass is 35.5. The van der Waals surface area contributed by atoms with Gasteiger partial charge in [-0.3, -0.25) is 0 Å². The van der Waals surface area contributed by atoms with Crippen LogP contribution in [0, 0.1) is 0 Å². The summed E-state index contributed by atoms with van der Waals surface area (Å²) in [4.78, 5) is 0. The molecule has 0 spiro atoms. The predicted molar refractivity (Wildman–Crippen MR) is 41.8 cm³/mol. The minimum atomic E-state index is 0. The van der Waals surface area contributed by atoms with E-state index in [1.807, 2.05) is 11.8 Å². The molecule has 8 heavy (non-hydrogen) atoms. The standard InChI is InChI=1S/C5H11NS.ClH/c1-4-5(6)2-3-7-4;/h4-5H,2-3,6H2,1H3;1H. The zero-order chi connectivity index (χ0) is 5.28. The van der Waals surface area contributed by atoms with Crippen LogP contribution in [0.15, 0.2) is 0 Å². The van der Waals surface area contributed by atoms with Crippen molar-refractivity contribution < 1.29 is 0 Å². The van der Waals surface area contributed by atoms with Gasteiger partial charge in [0.25, 0.3) is 0 Å². The van der Waals surface area contributed by atoms with E-state index < -0.39 is 0 Å². The van der Waals surface area contributed by atoms with E-state index in [2.05, 4.69) is 6.92 Å². The molecule has 50 valence electrons. The Morgan fingerprint density at radius 1 is 1.62 bits per heavy atom. The molecule has 0 bridgehead atoms. The van der Waals surface area contributed by atoms with Gasteiger partial charge < -0.3 is 5.73 Å². The molecule has 1 heterocycles. The average Bonchev–Trinajstić information content (AvgIpc) is 1.91. The van der Waals surface area contributed by atoms with Crippen molar-refractivity contribution in [2.45, 2.75) is 24.6 Å². The molecule has 0 radical (unpaired) electrons. The molecule has 1 fully saturated rings. The second-order valence-electron chi connectivity index (χ2n) is 2.03. The summed E-state index contributed by atoms with van der Waals surface area (Å²) in [6, 6.07) is 0.477. The molecule has 0 saturated carbocycles. The first-order valence-electron chi connectivity index (χ1n) is 2.68. The lowest BCUT2D eigenvalue weighted by Crippen LogP contribution is -2.24. The second kappa shape index (κ2) is 3.59. The normalized spacial score (nSPS) is 36.8. The molecule has 1 aliphatic heterocycles. The van der Waals surface area contributed by atoms with E-state index in [0.29, 0.717) is 11.3 Å². The third-order valence-corrected chi connectivity index (χ3v) is 2.78. The van der Waals surface area contributed by atoms with E-state index >= 15 is 0 Å². The molecule has 0 aromatic carbocycles. The highest BCUT2D eigenvalue weighted by Crippen LogP contribution is 2.23. The Morgan fingerprint density at radius 3 is 2.38 bits per heavy atom. The maximum Gasteiger partial charge on any atom is 0.0171 e. The van der Waals surface area contributed by atoms with Crippen molar-refractivity contribution in [1.82, 2.24) is 0 Å². The summed E-state index contributed by atoms with van der Waals surface area (Å²) < 4.78 is 0. The van der Waals surface area contributed by atoms with Gasteiger partial charge in [0.1, 0.15) is 0 Å². The highest BCUT2D eigenvalue weighted by molar-refractivity contribution is 8.00. The van der Waals surface area contributed by atoms with Crippen LogP contribution in [-0.4, -0.2) is 17.0 Å². The lowest BCUT2D eigenvalue weighted by Gasteiger charge is -2.04. The van der Waals surface area contributed by atoms with Crippen molar-refractivity contribution in [3.8, 4) is 0 Å². The van der Waals surface area contributed by atoms with Gasteiger partial charge in [-0.15, -0.1) is 12.4 Å². The van der Waals surface area contributed by atoms with Crippen molar-refractivity contribution in [3.63, 3.8) is 0 Å². The zero-order valence-corrected chi connectivity index (χ0v) is 6.60. The number of nitrogens with two attached hydrogens (primary N) is 1. The summed E-state index contributed by atoms with van der Waals surface area (Å²) in [5, 5.41) is 0.708. The molecular weight excluding hydrogens is 142 g/mol. The van der Waals surface area contributed by atoms with Crippen LogP contribution in [0.25, 0.3) is 0 Å². The molecule has 2 N–H and O–H groups in total. The molecule has 0 amide bonds. The smallest absolute Gasteiger partial charge is 0.0171 e. The summed E-state index contributed by atoms with van der Waals surface area (Å²) in [5.41, 5.74) is 5.66. The Balaban J connectivity index is 0.000000490. The molecule has 1 aliphatic rings. The van der Waals surface area contributed by atoms with Gasteiger partial charge >= 0.3 is 0 Å². The lowest BCUT2D eigenvalue weighted by atomic mass is 10.2. The van der Waals surface area contributed by atoms with Gasteiger partial charge in [0.15, 0.2) is 0 Å². The van der Waals surface area contributed by atoms with Gasteiger partial charge in [0.2, 0.25) is 0 Å². The topological polar surface area (TPSA) is 26.0 Å². The Kier molecular flexibility index (Phi) is 3.86. The van der Waals surface area contributed by atoms with Gasteiger partial charge in [-0.05, 0) is 12.2 Å². The summed E-state index contributed by atoms with van der Waals surface area (Å²) in [7, 11) is 0. The second-order valence-corrected chi connectivity index (χ2v) is 3.51. The number of halogens is 1. The summed E-state index contributed by atoms with van der Waals surface area (Å²) in [6.45, 7) is 2.20. The third-order valence-electron chi connectivity index (χ3n) is 1.43. The molecule has 2 atom stereocenters. The Morgan fingerprint density at radius 2 is 2.25 bits per heavy atom. The third kappa shape index (κ3) is 1.84. The summed E-state index contributed by atoms with van der Waals surface area (Å²) >= 11 is 1.98. The van der Waals surface area contributed by atoms with Crippen LogP contribution < -0.4 is 5.73 Å². The monoisotopic (exact) mass is 153 g/mol. The summed E-state index contributed by atoms with van der Waals surface area (Å²) in [6.07, 6.45) is 1.21. The first-order chi connectivity index (χ1) is 3.30. The SMILES string of the molecule is CC1SCCC1N.Cl. The lowest BCUT2D eigenvalue weighted by molar-refractivity contribution is 0.677. The fourth-order valence-corrected chi connectivity index (χ4v) is 1.91. The molecular formula is C5H12ClNS. The van der Waals surface area contributed by atoms with Crippen LogP contribution in [0.5, 0.6) is 0 Å². The van der Waals surface area contributed by atoms with E-state index in [-0.39, 0.29) is 12.4 Å². The Labute approximate surface area is 60.8 Å². The van der Waals surface area contributed by atoms with Crippen LogP contribution in [0.1, 0.15) is 13.3 Å². The molecule has 1 nitrogen and oxygen atoms in total. The van der Waals surface area contributed by atoms with Crippen LogP contribution in [0.4, 0.5) is 0 Å². The first kappa shape index (κ1) is 8.60. The number of hydrogen-bond acceptors (Lipinski definition) is 2. The number of thioether (sulfide) groups is 1. The van der Waals surface area contributed by atoms with Gasteiger partial charge in [0.05, 0.1) is 0 Å². The summed E-state index contributed by atoms with van der Waals surface area (Å²) in [5.74, 6) is 1.27. The maximum atomic E-state index is 5.66. The molecule has 1 rings (SSSR count). The van der Waals surface area contributed by atoms with Gasteiger partial charge in [-0.1, -0.05) is 6.92 Å². The van der Waals surface area contributed by atoms with Crippen molar-refractivity contribution in [1.29, 1.82) is 0 Å².